The Kier molecular flexibility index (Phi) is 2.61. The molecule has 22 heavy (non-hydrogen) atoms. The van der Waals surface area contributed by atoms with E-state index in [9.17, 15) is 0 Å². The topological polar surface area (TPSA) is 69.4 Å². The zero-order valence-corrected chi connectivity index (χ0v) is 13.2. The van der Waals surface area contributed by atoms with Gasteiger partial charge in [-0.05, 0) is 61.4 Å². The van der Waals surface area contributed by atoms with Gasteiger partial charge in [-0.15, -0.1) is 16.4 Å². The maximum absolute atomic E-state index is 4.87. The van der Waals surface area contributed by atoms with E-state index in [1.165, 1.54) is 47.9 Å². The monoisotopic (exact) mass is 312 g/mol. The molecule has 0 aromatic carbocycles. The zero-order chi connectivity index (χ0) is 14.7. The molecule has 1 fully saturated rings. The predicted molar refractivity (Wildman–Crippen MR) is 83.5 cm³/mol. The van der Waals surface area contributed by atoms with E-state index in [0.717, 1.165) is 28.7 Å². The van der Waals surface area contributed by atoms with Gasteiger partial charge in [0.25, 0.3) is 0 Å². The van der Waals surface area contributed by atoms with Crippen molar-refractivity contribution in [1.29, 1.82) is 0 Å². The molecule has 3 heterocycles. The molecule has 7 heteroatoms. The second kappa shape index (κ2) is 4.55. The smallest absolute Gasteiger partial charge is 0.170 e. The molecule has 0 amide bonds. The largest absolute Gasteiger partial charge is 0.222 e. The van der Waals surface area contributed by atoms with Crippen LogP contribution in [0.25, 0.3) is 16.0 Å². The second-order valence-corrected chi connectivity index (χ2v) is 7.29. The first-order chi connectivity index (χ1) is 10.8. The van der Waals surface area contributed by atoms with Crippen molar-refractivity contribution >= 4 is 21.6 Å². The van der Waals surface area contributed by atoms with E-state index in [1.807, 2.05) is 18.3 Å². The van der Waals surface area contributed by atoms with Crippen LogP contribution < -0.4 is 0 Å². The second-order valence-electron chi connectivity index (χ2n) is 6.21. The number of nitrogens with zero attached hydrogens (tertiary/aromatic N) is 6. The van der Waals surface area contributed by atoms with E-state index in [-0.39, 0.29) is 0 Å². The lowest BCUT2D eigenvalue weighted by atomic mass is 9.97. The van der Waals surface area contributed by atoms with Gasteiger partial charge in [-0.25, -0.2) is 9.97 Å². The number of hydrogen-bond acceptors (Lipinski definition) is 6. The Morgan fingerprint density at radius 1 is 1.14 bits per heavy atom. The molecule has 0 spiro atoms. The van der Waals surface area contributed by atoms with Crippen molar-refractivity contribution in [1.82, 2.24) is 30.2 Å². The third kappa shape index (κ3) is 1.81. The summed E-state index contributed by atoms with van der Waals surface area (Å²) in [5.74, 6) is 3.15. The van der Waals surface area contributed by atoms with Crippen molar-refractivity contribution in [3.63, 3.8) is 0 Å². The Labute approximate surface area is 131 Å². The van der Waals surface area contributed by atoms with Crippen molar-refractivity contribution in [2.24, 2.45) is 0 Å². The molecule has 0 atom stereocenters. The molecule has 0 bridgehead atoms. The van der Waals surface area contributed by atoms with Gasteiger partial charge in [-0.3, -0.25) is 0 Å². The van der Waals surface area contributed by atoms with Crippen LogP contribution in [-0.2, 0) is 12.8 Å². The number of hydrogen-bond donors (Lipinski definition) is 0. The highest BCUT2D eigenvalue weighted by molar-refractivity contribution is 7.18. The van der Waals surface area contributed by atoms with E-state index in [0.29, 0.717) is 5.92 Å². The molecule has 1 saturated carbocycles. The fourth-order valence-electron chi connectivity index (χ4n) is 3.26. The molecule has 0 radical (unpaired) electrons. The fraction of sp³-hybridized carbons (Fsp3) is 0.533. The number of tetrazole rings is 1. The Morgan fingerprint density at radius 2 is 2.00 bits per heavy atom. The molecule has 0 saturated heterocycles. The highest BCUT2D eigenvalue weighted by Gasteiger charge is 2.30. The molecule has 0 aliphatic heterocycles. The molecule has 2 aliphatic rings. The Morgan fingerprint density at radius 3 is 2.77 bits per heavy atom. The summed E-state index contributed by atoms with van der Waals surface area (Å²) in [5, 5.41) is 13.2. The summed E-state index contributed by atoms with van der Waals surface area (Å²) in [6.07, 6.45) is 7.22. The quantitative estimate of drug-likeness (QED) is 0.727. The summed E-state index contributed by atoms with van der Waals surface area (Å²) in [4.78, 5) is 12.3. The summed E-state index contributed by atoms with van der Waals surface area (Å²) in [6.45, 7) is 1.92. The van der Waals surface area contributed by atoms with Gasteiger partial charge in [-0.1, -0.05) is 0 Å². The first-order valence-corrected chi connectivity index (χ1v) is 8.70. The van der Waals surface area contributed by atoms with E-state index >= 15 is 0 Å². The van der Waals surface area contributed by atoms with Crippen molar-refractivity contribution in [2.75, 3.05) is 0 Å². The first-order valence-electron chi connectivity index (χ1n) is 7.89. The molecule has 3 aromatic rings. The maximum atomic E-state index is 4.87. The highest BCUT2D eigenvalue weighted by Crippen LogP contribution is 2.42. The highest BCUT2D eigenvalue weighted by atomic mass is 32.1. The zero-order valence-electron chi connectivity index (χ0n) is 12.4. The van der Waals surface area contributed by atoms with E-state index in [1.54, 1.807) is 4.68 Å². The molecular formula is C15H16N6S. The Bertz CT molecular complexity index is 876. The molecule has 5 rings (SSSR count). The van der Waals surface area contributed by atoms with Crippen molar-refractivity contribution in [2.45, 2.75) is 51.4 Å². The van der Waals surface area contributed by atoms with Crippen LogP contribution in [0.2, 0.25) is 0 Å². The molecule has 2 aliphatic carbocycles. The van der Waals surface area contributed by atoms with Gasteiger partial charge >= 0.3 is 0 Å². The lowest BCUT2D eigenvalue weighted by Gasteiger charge is -2.12. The van der Waals surface area contributed by atoms with Crippen LogP contribution in [0.4, 0.5) is 0 Å². The third-order valence-corrected chi connectivity index (χ3v) is 5.77. The van der Waals surface area contributed by atoms with Crippen LogP contribution in [0, 0.1) is 6.92 Å². The molecule has 3 aromatic heterocycles. The molecule has 0 N–H and O–H groups in total. The molecule has 6 nitrogen and oxygen atoms in total. The minimum absolute atomic E-state index is 0.527. The van der Waals surface area contributed by atoms with Crippen LogP contribution in [0.1, 0.15) is 53.7 Å². The number of thiophene rings is 1. The first kappa shape index (κ1) is 12.6. The Balaban J connectivity index is 1.84. The van der Waals surface area contributed by atoms with Gasteiger partial charge in [0.15, 0.2) is 11.6 Å². The van der Waals surface area contributed by atoms with E-state index in [2.05, 4.69) is 15.5 Å². The lowest BCUT2D eigenvalue weighted by molar-refractivity contribution is 0.698. The number of rotatable bonds is 2. The summed E-state index contributed by atoms with van der Waals surface area (Å²) in [5.41, 5.74) is 1.43. The van der Waals surface area contributed by atoms with Gasteiger partial charge in [0.2, 0.25) is 0 Å². The van der Waals surface area contributed by atoms with Crippen molar-refractivity contribution < 1.29 is 0 Å². The van der Waals surface area contributed by atoms with Crippen molar-refractivity contribution in [3.05, 3.63) is 22.1 Å². The minimum Gasteiger partial charge on any atom is -0.222 e. The predicted octanol–water partition coefficient (Wildman–Crippen LogP) is 2.73. The van der Waals surface area contributed by atoms with Crippen LogP contribution in [0.5, 0.6) is 0 Å². The lowest BCUT2D eigenvalue weighted by Crippen LogP contribution is -2.08. The van der Waals surface area contributed by atoms with Gasteiger partial charge < -0.3 is 0 Å². The normalized spacial score (nSPS) is 17.9. The average molecular weight is 312 g/mol. The SMILES string of the molecule is Cc1nnnn1-c1nc(C2CC2)nc2sc3c(c12)CCCC3. The fourth-order valence-corrected chi connectivity index (χ4v) is 4.52. The third-order valence-electron chi connectivity index (χ3n) is 4.58. The number of aromatic nitrogens is 6. The van der Waals surface area contributed by atoms with Crippen LogP contribution in [0.3, 0.4) is 0 Å². The maximum Gasteiger partial charge on any atom is 0.170 e. The number of fused-ring (bicyclic) bond motifs is 3. The summed E-state index contributed by atoms with van der Waals surface area (Å²) in [6, 6.07) is 0. The van der Waals surface area contributed by atoms with Gasteiger partial charge in [0.05, 0.1) is 5.39 Å². The molecular weight excluding hydrogens is 296 g/mol. The average Bonchev–Trinajstić information content (AvgIpc) is 3.19. The van der Waals surface area contributed by atoms with Crippen LogP contribution in [-0.4, -0.2) is 30.2 Å². The van der Waals surface area contributed by atoms with E-state index in [4.69, 9.17) is 9.97 Å². The van der Waals surface area contributed by atoms with E-state index < -0.39 is 0 Å². The standard InChI is InChI=1S/C15H16N6S/c1-8-18-19-20-21(8)14-12-10-4-2-3-5-11(10)22-15(12)17-13(16-14)9-6-7-9/h9H,2-7H2,1H3. The Hall–Kier alpha value is -1.89. The molecule has 0 unspecified atom stereocenters. The van der Waals surface area contributed by atoms with Gasteiger partial charge in [0.1, 0.15) is 10.7 Å². The van der Waals surface area contributed by atoms with Crippen LogP contribution >= 0.6 is 11.3 Å². The van der Waals surface area contributed by atoms with Crippen molar-refractivity contribution in [3.8, 4) is 5.82 Å². The van der Waals surface area contributed by atoms with Gasteiger partial charge in [0, 0.05) is 10.8 Å². The molecule has 112 valence electrons. The number of aryl methyl sites for hydroxylation is 3. The minimum atomic E-state index is 0.527. The summed E-state index contributed by atoms with van der Waals surface area (Å²) >= 11 is 1.84. The summed E-state index contributed by atoms with van der Waals surface area (Å²) < 4.78 is 1.78. The van der Waals surface area contributed by atoms with Gasteiger partial charge in [-0.2, -0.15) is 4.68 Å². The van der Waals surface area contributed by atoms with Crippen LogP contribution in [0.15, 0.2) is 0 Å². The summed E-state index contributed by atoms with van der Waals surface area (Å²) in [7, 11) is 0.